The molecule has 1 N–H and O–H groups in total. The number of thiophene rings is 1. The van der Waals surface area contributed by atoms with E-state index in [2.05, 4.69) is 48.4 Å². The van der Waals surface area contributed by atoms with Gasteiger partial charge in [-0.25, -0.2) is 9.78 Å². The smallest absolute Gasteiger partial charge is 0.319 e. The molecule has 1 aromatic carbocycles. The van der Waals surface area contributed by atoms with E-state index >= 15 is 0 Å². The first-order valence-corrected chi connectivity index (χ1v) is 10.9. The number of nitrogens with zero attached hydrogens (tertiary/aromatic N) is 2. The maximum atomic E-state index is 12.9. The van der Waals surface area contributed by atoms with Crippen LogP contribution in [0.1, 0.15) is 42.7 Å². The summed E-state index contributed by atoms with van der Waals surface area (Å²) in [6.07, 6.45) is 1.75. The second kappa shape index (κ2) is 7.14. The van der Waals surface area contributed by atoms with Crippen LogP contribution < -0.4 is 5.32 Å². The average molecular weight is 412 g/mol. The average Bonchev–Trinajstić information content (AvgIpc) is 3.41. The number of rotatable bonds is 5. The van der Waals surface area contributed by atoms with E-state index in [0.717, 1.165) is 21.0 Å². The van der Waals surface area contributed by atoms with Crippen LogP contribution in [0.5, 0.6) is 0 Å². The van der Waals surface area contributed by atoms with Crippen LogP contribution in [0.15, 0.2) is 47.3 Å². The predicted molar refractivity (Wildman–Crippen MR) is 112 cm³/mol. The number of hydrogen-bond donors (Lipinski definition) is 1. The molecule has 0 radical (unpaired) electrons. The van der Waals surface area contributed by atoms with Gasteiger partial charge in [0.1, 0.15) is 10.5 Å². The zero-order valence-corrected chi connectivity index (χ0v) is 17.6. The van der Waals surface area contributed by atoms with Crippen LogP contribution in [0.25, 0.3) is 10.6 Å². The molecule has 1 fully saturated rings. The van der Waals surface area contributed by atoms with E-state index in [0.29, 0.717) is 5.92 Å². The molecule has 7 heteroatoms. The van der Waals surface area contributed by atoms with Crippen molar-refractivity contribution in [2.75, 3.05) is 0 Å². The lowest BCUT2D eigenvalue weighted by Crippen LogP contribution is -2.40. The van der Waals surface area contributed by atoms with Crippen molar-refractivity contribution < 1.29 is 9.59 Å². The Balaban J connectivity index is 1.52. The molecule has 0 bridgehead atoms. The third kappa shape index (κ3) is 3.25. The van der Waals surface area contributed by atoms with Gasteiger partial charge in [-0.3, -0.25) is 9.69 Å². The number of nitrogens with one attached hydrogen (secondary N) is 1. The van der Waals surface area contributed by atoms with E-state index in [1.165, 1.54) is 33.1 Å². The first-order chi connectivity index (χ1) is 13.4. The van der Waals surface area contributed by atoms with E-state index in [9.17, 15) is 9.59 Å². The number of amides is 3. The van der Waals surface area contributed by atoms with Crippen LogP contribution in [0.2, 0.25) is 0 Å². The summed E-state index contributed by atoms with van der Waals surface area (Å²) in [5, 5.41) is 7.52. The zero-order chi connectivity index (χ0) is 19.9. The summed E-state index contributed by atoms with van der Waals surface area (Å²) in [6, 6.07) is 9.88. The van der Waals surface area contributed by atoms with Gasteiger partial charge in [0.15, 0.2) is 0 Å². The van der Waals surface area contributed by atoms with Crippen molar-refractivity contribution >= 4 is 34.6 Å². The maximum Gasteiger partial charge on any atom is 0.325 e. The van der Waals surface area contributed by atoms with Crippen LogP contribution in [0.4, 0.5) is 4.79 Å². The molecule has 3 amide bonds. The minimum absolute atomic E-state index is 0.228. The van der Waals surface area contributed by atoms with E-state index in [-0.39, 0.29) is 18.5 Å². The van der Waals surface area contributed by atoms with Crippen molar-refractivity contribution in [3.63, 3.8) is 0 Å². The molecule has 4 rings (SSSR count). The Morgan fingerprint density at radius 3 is 2.57 bits per heavy atom. The highest BCUT2D eigenvalue weighted by molar-refractivity contribution is 7.15. The van der Waals surface area contributed by atoms with Crippen molar-refractivity contribution in [2.45, 2.75) is 38.8 Å². The van der Waals surface area contributed by atoms with Crippen LogP contribution in [0, 0.1) is 0 Å². The molecule has 0 saturated carbocycles. The fourth-order valence-electron chi connectivity index (χ4n) is 3.27. The number of carbonyl (C=O) groups is 2. The van der Waals surface area contributed by atoms with Crippen molar-refractivity contribution in [1.82, 2.24) is 15.2 Å². The van der Waals surface area contributed by atoms with E-state index in [1.807, 2.05) is 16.8 Å². The topological polar surface area (TPSA) is 62.3 Å². The van der Waals surface area contributed by atoms with Gasteiger partial charge in [0.25, 0.3) is 5.91 Å². The molecule has 3 aromatic rings. The SMILES string of the molecule is CC(C)c1ccc(-c2ncc(CN3C(=O)NC(C)(c4ccsc4)C3=O)s2)cc1. The number of aromatic nitrogens is 1. The molecule has 1 aliphatic rings. The highest BCUT2D eigenvalue weighted by Gasteiger charge is 2.49. The van der Waals surface area contributed by atoms with Gasteiger partial charge in [-0.05, 0) is 40.8 Å². The van der Waals surface area contributed by atoms with Gasteiger partial charge in [-0.15, -0.1) is 11.3 Å². The van der Waals surface area contributed by atoms with Gasteiger partial charge < -0.3 is 5.32 Å². The summed E-state index contributed by atoms with van der Waals surface area (Å²) in [6.45, 7) is 6.31. The molecule has 28 heavy (non-hydrogen) atoms. The van der Waals surface area contributed by atoms with E-state index in [4.69, 9.17) is 0 Å². The lowest BCUT2D eigenvalue weighted by molar-refractivity contribution is -0.131. The largest absolute Gasteiger partial charge is 0.325 e. The molecule has 0 aliphatic carbocycles. The second-order valence-electron chi connectivity index (χ2n) is 7.37. The summed E-state index contributed by atoms with van der Waals surface area (Å²) in [5.41, 5.74) is 2.14. The Morgan fingerprint density at radius 2 is 1.93 bits per heavy atom. The molecule has 0 spiro atoms. The van der Waals surface area contributed by atoms with Crippen molar-refractivity contribution in [2.24, 2.45) is 0 Å². The molecular formula is C21H21N3O2S2. The van der Waals surface area contributed by atoms with Crippen LogP contribution in [0.3, 0.4) is 0 Å². The number of benzene rings is 1. The molecule has 2 aromatic heterocycles. The molecule has 1 aliphatic heterocycles. The van der Waals surface area contributed by atoms with Crippen LogP contribution >= 0.6 is 22.7 Å². The number of hydrogen-bond acceptors (Lipinski definition) is 5. The van der Waals surface area contributed by atoms with E-state index < -0.39 is 5.54 Å². The zero-order valence-electron chi connectivity index (χ0n) is 15.9. The Labute approximate surface area is 172 Å². The minimum Gasteiger partial charge on any atom is -0.319 e. The molecule has 1 saturated heterocycles. The summed E-state index contributed by atoms with van der Waals surface area (Å²) in [4.78, 5) is 32.0. The fraction of sp³-hybridized carbons (Fsp3) is 0.286. The predicted octanol–water partition coefficient (Wildman–Crippen LogP) is 4.96. The Kier molecular flexibility index (Phi) is 4.81. The molecular weight excluding hydrogens is 390 g/mol. The van der Waals surface area contributed by atoms with Gasteiger partial charge in [0.05, 0.1) is 6.54 Å². The minimum atomic E-state index is -1.00. The second-order valence-corrected chi connectivity index (χ2v) is 9.26. The Morgan fingerprint density at radius 1 is 1.18 bits per heavy atom. The lowest BCUT2D eigenvalue weighted by atomic mass is 9.95. The van der Waals surface area contributed by atoms with Crippen LogP contribution in [-0.4, -0.2) is 21.8 Å². The lowest BCUT2D eigenvalue weighted by Gasteiger charge is -2.20. The Hall–Kier alpha value is -2.51. The molecule has 144 valence electrons. The van der Waals surface area contributed by atoms with Gasteiger partial charge >= 0.3 is 6.03 Å². The third-order valence-electron chi connectivity index (χ3n) is 5.07. The standard InChI is InChI=1S/C21H21N3O2S2/c1-13(2)14-4-6-15(7-5-14)18-22-10-17(28-18)11-24-19(25)21(3,23-20(24)26)16-8-9-27-12-16/h4-10,12-13H,11H2,1-3H3,(H,23,26). The van der Waals surface area contributed by atoms with Crippen molar-refractivity contribution in [1.29, 1.82) is 0 Å². The number of urea groups is 1. The van der Waals surface area contributed by atoms with Gasteiger partial charge in [0.2, 0.25) is 0 Å². The number of thiazole rings is 1. The summed E-state index contributed by atoms with van der Waals surface area (Å²) < 4.78 is 0. The summed E-state index contributed by atoms with van der Waals surface area (Å²) in [7, 11) is 0. The van der Waals surface area contributed by atoms with Crippen molar-refractivity contribution in [3.8, 4) is 10.6 Å². The number of imide groups is 1. The first kappa shape index (κ1) is 18.8. The Bertz CT molecular complexity index is 1010. The van der Waals surface area contributed by atoms with E-state index in [1.54, 1.807) is 13.1 Å². The molecule has 5 nitrogen and oxygen atoms in total. The highest BCUT2D eigenvalue weighted by Crippen LogP contribution is 2.33. The fourth-order valence-corrected chi connectivity index (χ4v) is 4.94. The monoisotopic (exact) mass is 411 g/mol. The normalized spacial score (nSPS) is 19.5. The third-order valence-corrected chi connectivity index (χ3v) is 6.78. The van der Waals surface area contributed by atoms with Crippen LogP contribution in [-0.2, 0) is 16.9 Å². The first-order valence-electron chi connectivity index (χ1n) is 9.10. The van der Waals surface area contributed by atoms with Gasteiger partial charge in [-0.2, -0.15) is 11.3 Å². The van der Waals surface area contributed by atoms with Crippen molar-refractivity contribution in [3.05, 3.63) is 63.3 Å². The molecule has 1 atom stereocenters. The molecule has 3 heterocycles. The summed E-state index contributed by atoms with van der Waals surface area (Å²) >= 11 is 3.01. The van der Waals surface area contributed by atoms with Gasteiger partial charge in [0, 0.05) is 16.6 Å². The highest BCUT2D eigenvalue weighted by atomic mass is 32.1. The number of carbonyl (C=O) groups excluding carboxylic acids is 2. The summed E-state index contributed by atoms with van der Waals surface area (Å²) in [5.74, 6) is 0.255. The quantitative estimate of drug-likeness (QED) is 0.604. The molecule has 1 unspecified atom stereocenters. The van der Waals surface area contributed by atoms with Gasteiger partial charge in [-0.1, -0.05) is 38.1 Å². The maximum absolute atomic E-state index is 12.9.